The van der Waals surface area contributed by atoms with Crippen LogP contribution in [-0.2, 0) is 28.8 Å². The Balaban J connectivity index is 1.28. The predicted molar refractivity (Wildman–Crippen MR) is 149 cm³/mol. The first-order valence-electron chi connectivity index (χ1n) is 13.2. The van der Waals surface area contributed by atoms with Crippen molar-refractivity contribution in [3.63, 3.8) is 0 Å². The summed E-state index contributed by atoms with van der Waals surface area (Å²) in [5, 5.41) is 10.0. The van der Waals surface area contributed by atoms with Crippen LogP contribution in [0.1, 0.15) is 37.8 Å². The molecule has 0 fully saturated rings. The topological polar surface area (TPSA) is 190 Å². The fourth-order valence-electron chi connectivity index (χ4n) is 4.19. The summed E-state index contributed by atoms with van der Waals surface area (Å²) in [7, 11) is 0. The second-order valence-corrected chi connectivity index (χ2v) is 9.61. The Labute approximate surface area is 237 Å². The summed E-state index contributed by atoms with van der Waals surface area (Å²) in [5.74, 6) is -2.15. The Morgan fingerprint density at radius 1 is 0.780 bits per heavy atom. The number of benzene rings is 2. The van der Waals surface area contributed by atoms with Gasteiger partial charge in [-0.25, -0.2) is 4.79 Å². The van der Waals surface area contributed by atoms with Crippen LogP contribution < -0.4 is 32.5 Å². The zero-order valence-electron chi connectivity index (χ0n) is 23.2. The van der Waals surface area contributed by atoms with Gasteiger partial charge in [0.2, 0.25) is 23.6 Å². The highest BCUT2D eigenvalue weighted by atomic mass is 16.7. The molecule has 3 rings (SSSR count). The molecular weight excluding hydrogens is 532 g/mol. The van der Waals surface area contributed by atoms with E-state index in [-0.39, 0.29) is 25.6 Å². The maximum absolute atomic E-state index is 12.2. The van der Waals surface area contributed by atoms with E-state index >= 15 is 0 Å². The van der Waals surface area contributed by atoms with Crippen LogP contribution in [0, 0.1) is 0 Å². The van der Waals surface area contributed by atoms with Gasteiger partial charge in [0, 0.05) is 19.0 Å². The first kappa shape index (κ1) is 31.0. The summed E-state index contributed by atoms with van der Waals surface area (Å²) >= 11 is 0. The van der Waals surface area contributed by atoms with E-state index in [1.807, 2.05) is 48.5 Å². The Morgan fingerprint density at radius 2 is 1.32 bits per heavy atom. The monoisotopic (exact) mass is 568 g/mol. The molecule has 3 atom stereocenters. The van der Waals surface area contributed by atoms with Crippen LogP contribution in [0.2, 0.25) is 0 Å². The number of hydrogen-bond donors (Lipinski definition) is 6. The molecule has 0 radical (unpaired) electrons. The molecule has 0 bridgehead atoms. The van der Waals surface area contributed by atoms with Gasteiger partial charge in [-0.15, -0.1) is 0 Å². The van der Waals surface area contributed by atoms with Crippen molar-refractivity contribution in [1.29, 1.82) is 0 Å². The minimum atomic E-state index is -0.877. The van der Waals surface area contributed by atoms with Gasteiger partial charge in [-0.3, -0.25) is 24.0 Å². The normalized spacial score (nSPS) is 14.0. The number of nitrogens with one attached hydrogen (secondary N) is 5. The Hall–Kier alpha value is -4.49. The first-order valence-corrected chi connectivity index (χ1v) is 13.2. The number of amides is 5. The second-order valence-electron chi connectivity index (χ2n) is 9.61. The molecule has 13 heteroatoms. The van der Waals surface area contributed by atoms with Gasteiger partial charge in [0.1, 0.15) is 18.7 Å². The van der Waals surface area contributed by atoms with Crippen LogP contribution in [0.15, 0.2) is 48.5 Å². The molecule has 0 saturated heterocycles. The molecule has 0 aromatic heterocycles. The average Bonchev–Trinajstić information content (AvgIpc) is 3.27. The van der Waals surface area contributed by atoms with Crippen molar-refractivity contribution < 1.29 is 33.5 Å². The van der Waals surface area contributed by atoms with Gasteiger partial charge in [-0.05, 0) is 43.0 Å². The van der Waals surface area contributed by atoms with Gasteiger partial charge >= 0.3 is 6.09 Å². The standard InChI is InChI=1S/C28H36N6O7/c1-16(29)25(36)32-18(3)27(38)33-17(2)26(37)31-13-12-30-24(35)15-41-34-28(39)40-14-23-21-10-6-4-8-19(21)20-9-5-7-11-22(20)23/h4-11,16-18,23H,12-15,29H2,1-3H3,(H,30,35)(H,31,37)(H,32,36)(H,33,38)(H,34,39). The number of nitrogens with two attached hydrogens (primary N) is 1. The second kappa shape index (κ2) is 14.8. The summed E-state index contributed by atoms with van der Waals surface area (Å²) < 4.78 is 5.33. The van der Waals surface area contributed by atoms with E-state index in [9.17, 15) is 24.0 Å². The SMILES string of the molecule is CC(N)C(=O)NC(C)C(=O)NC(C)C(=O)NCCNC(=O)CONC(=O)OCC1c2ccccc2-c2ccccc21. The molecule has 0 saturated carbocycles. The van der Waals surface area contributed by atoms with Crippen LogP contribution in [-0.4, -0.2) is 74.2 Å². The molecule has 0 aliphatic heterocycles. The lowest BCUT2D eigenvalue weighted by atomic mass is 9.98. The zero-order valence-corrected chi connectivity index (χ0v) is 23.2. The number of fused-ring (bicyclic) bond motifs is 3. The van der Waals surface area contributed by atoms with Crippen LogP contribution in [0.4, 0.5) is 4.79 Å². The molecule has 0 spiro atoms. The van der Waals surface area contributed by atoms with Gasteiger partial charge in [0.15, 0.2) is 6.61 Å². The molecule has 220 valence electrons. The third-order valence-corrected chi connectivity index (χ3v) is 6.37. The fraction of sp³-hybridized carbons (Fsp3) is 0.393. The molecule has 7 N–H and O–H groups in total. The fourth-order valence-corrected chi connectivity index (χ4v) is 4.19. The summed E-state index contributed by atoms with van der Waals surface area (Å²) in [6.07, 6.45) is -0.825. The molecule has 41 heavy (non-hydrogen) atoms. The number of ether oxygens (including phenoxy) is 1. The van der Waals surface area contributed by atoms with Crippen molar-refractivity contribution in [3.8, 4) is 11.1 Å². The summed E-state index contributed by atoms with van der Waals surface area (Å²) in [6.45, 7) is 4.25. The third kappa shape index (κ3) is 8.75. The van der Waals surface area contributed by atoms with E-state index in [4.69, 9.17) is 15.3 Å². The van der Waals surface area contributed by atoms with Gasteiger partial charge in [0.25, 0.3) is 0 Å². The maximum atomic E-state index is 12.2. The summed E-state index contributed by atoms with van der Waals surface area (Å²) in [5.41, 5.74) is 11.9. The molecule has 13 nitrogen and oxygen atoms in total. The minimum absolute atomic E-state index is 0.0837. The van der Waals surface area contributed by atoms with E-state index < -0.39 is 54.5 Å². The predicted octanol–water partition coefficient (Wildman–Crippen LogP) is 0.0457. The van der Waals surface area contributed by atoms with Crippen LogP contribution in [0.25, 0.3) is 11.1 Å². The Kier molecular flexibility index (Phi) is 11.2. The Morgan fingerprint density at radius 3 is 1.93 bits per heavy atom. The minimum Gasteiger partial charge on any atom is -0.447 e. The van der Waals surface area contributed by atoms with Crippen molar-refractivity contribution >= 4 is 29.7 Å². The van der Waals surface area contributed by atoms with Gasteiger partial charge in [-0.1, -0.05) is 48.5 Å². The number of carbonyl (C=O) groups excluding carboxylic acids is 5. The van der Waals surface area contributed by atoms with Crippen molar-refractivity contribution in [2.75, 3.05) is 26.3 Å². The van der Waals surface area contributed by atoms with E-state index in [2.05, 4.69) is 26.7 Å². The van der Waals surface area contributed by atoms with Gasteiger partial charge in [-0.2, -0.15) is 5.48 Å². The largest absolute Gasteiger partial charge is 0.447 e. The molecule has 1 aliphatic rings. The van der Waals surface area contributed by atoms with Crippen LogP contribution >= 0.6 is 0 Å². The lowest BCUT2D eigenvalue weighted by Gasteiger charge is -2.19. The highest BCUT2D eigenvalue weighted by Crippen LogP contribution is 2.44. The van der Waals surface area contributed by atoms with Gasteiger partial charge < -0.3 is 31.7 Å². The van der Waals surface area contributed by atoms with E-state index in [0.29, 0.717) is 0 Å². The first-order chi connectivity index (χ1) is 19.6. The Bertz CT molecular complexity index is 1220. The van der Waals surface area contributed by atoms with Gasteiger partial charge in [0.05, 0.1) is 6.04 Å². The molecule has 2 aromatic carbocycles. The van der Waals surface area contributed by atoms with E-state index in [1.165, 1.54) is 20.8 Å². The maximum Gasteiger partial charge on any atom is 0.431 e. The number of carbonyl (C=O) groups is 5. The number of hydroxylamine groups is 1. The highest BCUT2D eigenvalue weighted by Gasteiger charge is 2.29. The van der Waals surface area contributed by atoms with Crippen molar-refractivity contribution in [2.24, 2.45) is 5.73 Å². The summed E-state index contributed by atoms with van der Waals surface area (Å²) in [6, 6.07) is 13.4. The van der Waals surface area contributed by atoms with E-state index in [1.54, 1.807) is 0 Å². The molecular formula is C28H36N6O7. The quantitative estimate of drug-likeness (QED) is 0.144. The van der Waals surface area contributed by atoms with Crippen molar-refractivity contribution in [3.05, 3.63) is 59.7 Å². The van der Waals surface area contributed by atoms with E-state index in [0.717, 1.165) is 22.3 Å². The number of hydrogen-bond acceptors (Lipinski definition) is 8. The van der Waals surface area contributed by atoms with Crippen molar-refractivity contribution in [2.45, 2.75) is 44.8 Å². The zero-order chi connectivity index (χ0) is 29.9. The van der Waals surface area contributed by atoms with Crippen molar-refractivity contribution in [1.82, 2.24) is 26.7 Å². The molecule has 2 aromatic rings. The summed E-state index contributed by atoms with van der Waals surface area (Å²) in [4.78, 5) is 64.9. The van der Waals surface area contributed by atoms with Crippen LogP contribution in [0.5, 0.6) is 0 Å². The number of rotatable bonds is 13. The van der Waals surface area contributed by atoms with Crippen LogP contribution in [0.3, 0.4) is 0 Å². The third-order valence-electron chi connectivity index (χ3n) is 6.37. The molecule has 1 aliphatic carbocycles. The lowest BCUT2D eigenvalue weighted by molar-refractivity contribution is -0.131. The highest BCUT2D eigenvalue weighted by molar-refractivity contribution is 5.92. The molecule has 5 amide bonds. The average molecular weight is 569 g/mol. The molecule has 3 unspecified atom stereocenters. The molecule has 0 heterocycles. The smallest absolute Gasteiger partial charge is 0.431 e. The lowest BCUT2D eigenvalue weighted by Crippen LogP contribution is -2.54.